The molecule has 1 aliphatic heterocycles. The smallest absolute Gasteiger partial charge is 0.269 e. The molecule has 0 unspecified atom stereocenters. The predicted octanol–water partition coefficient (Wildman–Crippen LogP) is 2.69. The van der Waals surface area contributed by atoms with Crippen LogP contribution in [0, 0.1) is 10.1 Å². The Kier molecular flexibility index (Phi) is 4.06. The zero-order chi connectivity index (χ0) is 18.4. The predicted molar refractivity (Wildman–Crippen MR) is 90.8 cm³/mol. The molecule has 1 atom stereocenters. The van der Waals surface area contributed by atoms with Gasteiger partial charge in [0.15, 0.2) is 11.4 Å². The number of amides is 1. The summed E-state index contributed by atoms with van der Waals surface area (Å²) in [5, 5.41) is 21.9. The third-order valence-corrected chi connectivity index (χ3v) is 4.48. The number of likely N-dealkylation sites (N-methyl/N-ethyl adjacent to an activating group) is 1. The van der Waals surface area contributed by atoms with Gasteiger partial charge in [-0.05, 0) is 30.3 Å². The van der Waals surface area contributed by atoms with Crippen molar-refractivity contribution in [1.82, 2.24) is 0 Å². The summed E-state index contributed by atoms with van der Waals surface area (Å²) in [6.07, 6.45) is -0.485. The van der Waals surface area contributed by atoms with E-state index in [9.17, 15) is 24.8 Å². The highest BCUT2D eigenvalue weighted by Crippen LogP contribution is 2.43. The van der Waals surface area contributed by atoms with E-state index in [0.717, 1.165) is 0 Å². The molecule has 25 heavy (non-hydrogen) atoms. The number of hydrogen-bond acceptors (Lipinski definition) is 5. The topological polar surface area (TPSA) is 101 Å². The zero-order valence-electron chi connectivity index (χ0n) is 13.1. The van der Waals surface area contributed by atoms with Crippen LogP contribution in [-0.2, 0) is 10.4 Å². The number of rotatable bonds is 4. The minimum atomic E-state index is -2.02. The maximum absolute atomic E-state index is 12.5. The van der Waals surface area contributed by atoms with E-state index < -0.39 is 28.6 Å². The molecule has 0 radical (unpaired) electrons. The van der Waals surface area contributed by atoms with Crippen molar-refractivity contribution >= 4 is 34.7 Å². The summed E-state index contributed by atoms with van der Waals surface area (Å²) in [7, 11) is 1.50. The van der Waals surface area contributed by atoms with Crippen molar-refractivity contribution in [2.45, 2.75) is 12.0 Å². The Bertz CT molecular complexity index is 896. The maximum Gasteiger partial charge on any atom is 0.269 e. The molecule has 1 aliphatic rings. The first-order valence-corrected chi connectivity index (χ1v) is 7.70. The molecule has 8 heteroatoms. The third kappa shape index (κ3) is 2.77. The van der Waals surface area contributed by atoms with Crippen LogP contribution in [0.5, 0.6) is 0 Å². The van der Waals surface area contributed by atoms with E-state index in [1.165, 1.54) is 42.3 Å². The first-order chi connectivity index (χ1) is 11.7. The fourth-order valence-corrected chi connectivity index (χ4v) is 3.08. The van der Waals surface area contributed by atoms with Crippen LogP contribution in [0.1, 0.15) is 22.3 Å². The van der Waals surface area contributed by atoms with Crippen LogP contribution in [0.2, 0.25) is 5.02 Å². The number of aliphatic hydroxyl groups is 1. The van der Waals surface area contributed by atoms with Gasteiger partial charge in [0.1, 0.15) is 0 Å². The Morgan fingerprint density at radius 1 is 1.28 bits per heavy atom. The Morgan fingerprint density at radius 2 is 1.92 bits per heavy atom. The van der Waals surface area contributed by atoms with Crippen LogP contribution in [0.3, 0.4) is 0 Å². The van der Waals surface area contributed by atoms with Gasteiger partial charge in [0.2, 0.25) is 0 Å². The van der Waals surface area contributed by atoms with E-state index in [1.807, 2.05) is 0 Å². The number of hydrogen-bond donors (Lipinski definition) is 1. The molecule has 0 spiro atoms. The Balaban J connectivity index is 1.94. The molecule has 0 saturated heterocycles. The van der Waals surface area contributed by atoms with Crippen molar-refractivity contribution in [3.05, 3.63) is 68.7 Å². The second-order valence-corrected chi connectivity index (χ2v) is 6.23. The van der Waals surface area contributed by atoms with Crippen molar-refractivity contribution in [2.24, 2.45) is 0 Å². The van der Waals surface area contributed by atoms with Gasteiger partial charge < -0.3 is 10.0 Å². The number of fused-ring (bicyclic) bond motifs is 1. The zero-order valence-corrected chi connectivity index (χ0v) is 13.9. The molecule has 2 aromatic carbocycles. The second-order valence-electron chi connectivity index (χ2n) is 5.79. The number of nitro benzene ring substituents is 1. The quantitative estimate of drug-likeness (QED) is 0.513. The van der Waals surface area contributed by atoms with E-state index in [-0.39, 0.29) is 16.8 Å². The average molecular weight is 361 g/mol. The Labute approximate surface area is 147 Å². The summed E-state index contributed by atoms with van der Waals surface area (Å²) < 4.78 is 0. The molecule has 1 amide bonds. The first-order valence-electron chi connectivity index (χ1n) is 7.32. The number of anilines is 1. The molecule has 128 valence electrons. The molecule has 0 aliphatic carbocycles. The lowest BCUT2D eigenvalue weighted by Crippen LogP contribution is -2.40. The molecule has 7 nitrogen and oxygen atoms in total. The number of nitrogens with zero attached hydrogens (tertiary/aromatic N) is 2. The van der Waals surface area contributed by atoms with Crippen molar-refractivity contribution in [3.8, 4) is 0 Å². The highest BCUT2D eigenvalue weighted by molar-refractivity contribution is 6.31. The second kappa shape index (κ2) is 5.94. The number of carbonyl (C=O) groups excluding carboxylic acids is 2. The van der Waals surface area contributed by atoms with Crippen LogP contribution in [0.4, 0.5) is 11.4 Å². The first kappa shape index (κ1) is 17.1. The molecule has 2 aromatic rings. The van der Waals surface area contributed by atoms with E-state index in [1.54, 1.807) is 12.1 Å². The number of benzene rings is 2. The van der Waals surface area contributed by atoms with Crippen LogP contribution in [0.15, 0.2) is 42.5 Å². The summed E-state index contributed by atoms with van der Waals surface area (Å²) >= 11 is 5.96. The van der Waals surface area contributed by atoms with E-state index in [2.05, 4.69) is 0 Å². The maximum atomic E-state index is 12.5. The molecular weight excluding hydrogens is 348 g/mol. The molecule has 1 heterocycles. The van der Waals surface area contributed by atoms with Gasteiger partial charge in [-0.2, -0.15) is 0 Å². The molecule has 0 aromatic heterocycles. The van der Waals surface area contributed by atoms with Gasteiger partial charge in [0.05, 0.1) is 17.0 Å². The SMILES string of the molecule is CN1C(=O)[C@](O)(CC(=O)c2ccc([N+](=O)[O-])cc2)c2cc(Cl)ccc21. The number of Topliss-reactive ketones (excluding diaryl/α,β-unsaturated/α-hetero) is 1. The van der Waals surface area contributed by atoms with E-state index in [4.69, 9.17) is 11.6 Å². The molecule has 0 bridgehead atoms. The van der Waals surface area contributed by atoms with Gasteiger partial charge in [0.25, 0.3) is 11.6 Å². The summed E-state index contributed by atoms with van der Waals surface area (Å²) in [6.45, 7) is 0. The highest BCUT2D eigenvalue weighted by Gasteiger charge is 2.49. The van der Waals surface area contributed by atoms with Crippen LogP contribution < -0.4 is 4.90 Å². The Morgan fingerprint density at radius 3 is 2.52 bits per heavy atom. The van der Waals surface area contributed by atoms with Crippen molar-refractivity contribution in [1.29, 1.82) is 0 Å². The minimum absolute atomic E-state index is 0.149. The largest absolute Gasteiger partial charge is 0.375 e. The molecule has 3 rings (SSSR count). The number of nitro groups is 1. The standard InChI is InChI=1S/C17H13ClN2O5/c1-19-14-7-4-11(18)8-13(14)17(23,16(19)22)9-15(21)10-2-5-12(6-3-10)20(24)25/h2-8,23H,9H2,1H3/t17-/m0/s1. The Hall–Kier alpha value is -2.77. The number of ketones is 1. The third-order valence-electron chi connectivity index (χ3n) is 4.24. The fourth-order valence-electron chi connectivity index (χ4n) is 2.91. The normalized spacial score (nSPS) is 19.0. The van der Waals surface area contributed by atoms with Gasteiger partial charge in [-0.15, -0.1) is 0 Å². The minimum Gasteiger partial charge on any atom is -0.375 e. The van der Waals surface area contributed by atoms with E-state index >= 15 is 0 Å². The fraction of sp³-hybridized carbons (Fsp3) is 0.176. The monoisotopic (exact) mass is 360 g/mol. The number of non-ortho nitro benzene ring substituents is 1. The summed E-state index contributed by atoms with van der Waals surface area (Å²) in [5.41, 5.74) is -1.25. The van der Waals surface area contributed by atoms with Crippen LogP contribution in [-0.4, -0.2) is 28.8 Å². The highest BCUT2D eigenvalue weighted by atomic mass is 35.5. The van der Waals surface area contributed by atoms with Gasteiger partial charge in [-0.3, -0.25) is 19.7 Å². The lowest BCUT2D eigenvalue weighted by molar-refractivity contribution is -0.384. The van der Waals surface area contributed by atoms with Gasteiger partial charge in [-0.1, -0.05) is 11.6 Å². The molecule has 1 N–H and O–H groups in total. The summed E-state index contributed by atoms with van der Waals surface area (Å²) in [5.74, 6) is -1.13. The van der Waals surface area contributed by atoms with Crippen molar-refractivity contribution < 1.29 is 19.6 Å². The number of carbonyl (C=O) groups is 2. The van der Waals surface area contributed by atoms with Gasteiger partial charge in [-0.25, -0.2) is 0 Å². The van der Waals surface area contributed by atoms with Crippen LogP contribution >= 0.6 is 11.6 Å². The van der Waals surface area contributed by atoms with Crippen molar-refractivity contribution in [3.63, 3.8) is 0 Å². The van der Waals surface area contributed by atoms with Gasteiger partial charge in [0, 0.05) is 35.3 Å². The van der Waals surface area contributed by atoms with Crippen molar-refractivity contribution in [2.75, 3.05) is 11.9 Å². The van der Waals surface area contributed by atoms with E-state index in [0.29, 0.717) is 10.7 Å². The molecule has 0 saturated carbocycles. The summed E-state index contributed by atoms with van der Waals surface area (Å²) in [6, 6.07) is 9.65. The lowest BCUT2D eigenvalue weighted by Gasteiger charge is -2.21. The molecular formula is C17H13ClN2O5. The summed E-state index contributed by atoms with van der Waals surface area (Å²) in [4.78, 5) is 36.4. The van der Waals surface area contributed by atoms with Crippen LogP contribution in [0.25, 0.3) is 0 Å². The number of halogens is 1. The average Bonchev–Trinajstić information content (AvgIpc) is 2.76. The molecule has 0 fully saturated rings. The van der Waals surface area contributed by atoms with Gasteiger partial charge >= 0.3 is 0 Å². The lowest BCUT2D eigenvalue weighted by atomic mass is 9.88.